The number of aromatic amines is 1. The number of carbonyl (C=O) groups excluding carboxylic acids is 1. The van der Waals surface area contributed by atoms with Crippen molar-refractivity contribution in [2.45, 2.75) is 18.9 Å². The van der Waals surface area contributed by atoms with Crippen molar-refractivity contribution in [1.29, 1.82) is 0 Å². The predicted molar refractivity (Wildman–Crippen MR) is 97.2 cm³/mol. The topological polar surface area (TPSA) is 86.6 Å². The SMILES string of the molecule is COC(=O)CCc1c(C(N)c2ccc3c(c2)OCO3)[nH]c2ccccc12. The first-order valence-corrected chi connectivity index (χ1v) is 8.49. The van der Waals surface area contributed by atoms with Crippen molar-refractivity contribution in [3.8, 4) is 11.5 Å². The predicted octanol–water partition coefficient (Wildman–Crippen LogP) is 3.05. The van der Waals surface area contributed by atoms with E-state index in [4.69, 9.17) is 19.9 Å². The van der Waals surface area contributed by atoms with Crippen molar-refractivity contribution in [2.24, 2.45) is 5.73 Å². The Morgan fingerprint density at radius 1 is 1.23 bits per heavy atom. The van der Waals surface area contributed by atoms with Gasteiger partial charge in [0, 0.05) is 23.0 Å². The van der Waals surface area contributed by atoms with E-state index in [2.05, 4.69) is 4.98 Å². The van der Waals surface area contributed by atoms with Crippen molar-refractivity contribution in [1.82, 2.24) is 4.98 Å². The van der Waals surface area contributed by atoms with Gasteiger partial charge in [0.1, 0.15) is 0 Å². The first-order chi connectivity index (χ1) is 12.7. The number of esters is 1. The van der Waals surface area contributed by atoms with Gasteiger partial charge < -0.3 is 24.9 Å². The minimum absolute atomic E-state index is 0.227. The zero-order valence-corrected chi connectivity index (χ0v) is 14.5. The van der Waals surface area contributed by atoms with Crippen LogP contribution < -0.4 is 15.2 Å². The fourth-order valence-corrected chi connectivity index (χ4v) is 3.36. The molecule has 1 aliphatic rings. The van der Waals surface area contributed by atoms with E-state index in [0.717, 1.165) is 33.5 Å². The number of fused-ring (bicyclic) bond motifs is 2. The minimum atomic E-state index is -0.371. The molecule has 1 unspecified atom stereocenters. The number of aryl methyl sites for hydroxylation is 1. The molecule has 0 aliphatic carbocycles. The molecular weight excluding hydrogens is 332 g/mol. The molecule has 1 aromatic heterocycles. The Morgan fingerprint density at radius 3 is 2.88 bits per heavy atom. The first kappa shape index (κ1) is 16.5. The van der Waals surface area contributed by atoms with Crippen LogP contribution in [0.3, 0.4) is 0 Å². The zero-order chi connectivity index (χ0) is 18.1. The molecule has 4 rings (SSSR count). The Morgan fingerprint density at radius 2 is 2.04 bits per heavy atom. The van der Waals surface area contributed by atoms with Gasteiger partial charge in [-0.25, -0.2) is 0 Å². The maximum Gasteiger partial charge on any atom is 0.305 e. The molecule has 0 bridgehead atoms. The second-order valence-electron chi connectivity index (χ2n) is 6.23. The lowest BCUT2D eigenvalue weighted by Crippen LogP contribution is -2.15. The summed E-state index contributed by atoms with van der Waals surface area (Å²) in [5.41, 5.74) is 10.4. The smallest absolute Gasteiger partial charge is 0.305 e. The second-order valence-corrected chi connectivity index (χ2v) is 6.23. The van der Waals surface area contributed by atoms with E-state index in [1.165, 1.54) is 7.11 Å². The number of H-pyrrole nitrogens is 1. The van der Waals surface area contributed by atoms with E-state index < -0.39 is 0 Å². The van der Waals surface area contributed by atoms with Crippen molar-refractivity contribution < 1.29 is 19.0 Å². The number of rotatable bonds is 5. The van der Waals surface area contributed by atoms with Crippen LogP contribution >= 0.6 is 0 Å². The fraction of sp³-hybridized carbons (Fsp3) is 0.250. The maximum atomic E-state index is 11.6. The highest BCUT2D eigenvalue weighted by Gasteiger charge is 2.22. The normalized spacial score (nSPS) is 13.8. The molecule has 1 aliphatic heterocycles. The van der Waals surface area contributed by atoms with Crippen LogP contribution in [0.15, 0.2) is 42.5 Å². The number of aromatic nitrogens is 1. The van der Waals surface area contributed by atoms with E-state index in [-0.39, 0.29) is 18.8 Å². The lowest BCUT2D eigenvalue weighted by atomic mass is 9.97. The molecule has 134 valence electrons. The van der Waals surface area contributed by atoms with E-state index in [0.29, 0.717) is 18.6 Å². The summed E-state index contributed by atoms with van der Waals surface area (Å²) in [6, 6.07) is 13.3. The van der Waals surface area contributed by atoms with Crippen molar-refractivity contribution in [2.75, 3.05) is 13.9 Å². The summed E-state index contributed by atoms with van der Waals surface area (Å²) < 4.78 is 15.6. The molecule has 26 heavy (non-hydrogen) atoms. The van der Waals surface area contributed by atoms with Crippen LogP contribution in [0.25, 0.3) is 10.9 Å². The highest BCUT2D eigenvalue weighted by Crippen LogP contribution is 2.36. The van der Waals surface area contributed by atoms with Crippen LogP contribution in [-0.2, 0) is 16.0 Å². The van der Waals surface area contributed by atoms with Crippen LogP contribution in [-0.4, -0.2) is 24.9 Å². The molecule has 3 aromatic rings. The van der Waals surface area contributed by atoms with Gasteiger partial charge in [0.15, 0.2) is 11.5 Å². The summed E-state index contributed by atoms with van der Waals surface area (Å²) in [5.74, 6) is 1.19. The summed E-state index contributed by atoms with van der Waals surface area (Å²) >= 11 is 0. The van der Waals surface area contributed by atoms with E-state index >= 15 is 0 Å². The summed E-state index contributed by atoms with van der Waals surface area (Å²) in [5, 5.41) is 1.07. The standard InChI is InChI=1S/C20H20N2O4/c1-24-18(23)9-7-14-13-4-2-3-5-15(13)22-20(14)19(21)12-6-8-16-17(10-12)26-11-25-16/h2-6,8,10,19,22H,7,9,11,21H2,1H3. The third-order valence-electron chi connectivity index (χ3n) is 4.72. The van der Waals surface area contributed by atoms with Crippen LogP contribution in [0, 0.1) is 0 Å². The van der Waals surface area contributed by atoms with Gasteiger partial charge in [0.25, 0.3) is 0 Å². The van der Waals surface area contributed by atoms with Gasteiger partial charge in [-0.3, -0.25) is 4.79 Å². The molecule has 3 N–H and O–H groups in total. The summed E-state index contributed by atoms with van der Waals surface area (Å²) in [6.45, 7) is 0.227. The van der Waals surface area contributed by atoms with Gasteiger partial charge in [-0.2, -0.15) is 0 Å². The van der Waals surface area contributed by atoms with Crippen molar-refractivity contribution >= 4 is 16.9 Å². The average Bonchev–Trinajstić information content (AvgIpc) is 3.29. The molecule has 2 aromatic carbocycles. The van der Waals surface area contributed by atoms with Crippen LogP contribution in [0.1, 0.15) is 29.3 Å². The lowest BCUT2D eigenvalue weighted by molar-refractivity contribution is -0.140. The summed E-state index contributed by atoms with van der Waals surface area (Å²) in [4.78, 5) is 15.1. The molecule has 2 heterocycles. The van der Waals surface area contributed by atoms with Crippen molar-refractivity contribution in [3.63, 3.8) is 0 Å². The molecule has 0 saturated carbocycles. The van der Waals surface area contributed by atoms with Gasteiger partial charge in [-0.15, -0.1) is 0 Å². The second kappa shape index (κ2) is 6.72. The Hall–Kier alpha value is -2.99. The Bertz CT molecular complexity index is 964. The Kier molecular flexibility index (Phi) is 4.26. The maximum absolute atomic E-state index is 11.6. The Balaban J connectivity index is 1.73. The molecule has 6 nitrogen and oxygen atoms in total. The first-order valence-electron chi connectivity index (χ1n) is 8.49. The number of para-hydroxylation sites is 1. The number of carbonyl (C=O) groups is 1. The van der Waals surface area contributed by atoms with E-state index in [9.17, 15) is 4.79 Å². The fourth-order valence-electron chi connectivity index (χ4n) is 3.36. The van der Waals surface area contributed by atoms with E-state index in [1.807, 2.05) is 42.5 Å². The number of ether oxygens (including phenoxy) is 3. The number of methoxy groups -OCH3 is 1. The molecule has 0 spiro atoms. The third kappa shape index (κ3) is 2.88. The third-order valence-corrected chi connectivity index (χ3v) is 4.72. The summed E-state index contributed by atoms with van der Waals surface area (Å²) in [6.07, 6.45) is 0.865. The average molecular weight is 352 g/mol. The van der Waals surface area contributed by atoms with Gasteiger partial charge in [-0.1, -0.05) is 24.3 Å². The Labute approximate surface area is 150 Å². The van der Waals surface area contributed by atoms with Gasteiger partial charge in [-0.05, 0) is 35.7 Å². The largest absolute Gasteiger partial charge is 0.469 e. The zero-order valence-electron chi connectivity index (χ0n) is 14.5. The molecular formula is C20H20N2O4. The lowest BCUT2D eigenvalue weighted by Gasteiger charge is -2.14. The van der Waals surface area contributed by atoms with E-state index in [1.54, 1.807) is 0 Å². The van der Waals surface area contributed by atoms with Crippen LogP contribution in [0.5, 0.6) is 11.5 Å². The van der Waals surface area contributed by atoms with Gasteiger partial charge in [0.05, 0.1) is 13.2 Å². The highest BCUT2D eigenvalue weighted by molar-refractivity contribution is 5.85. The monoisotopic (exact) mass is 352 g/mol. The number of hydrogen-bond acceptors (Lipinski definition) is 5. The minimum Gasteiger partial charge on any atom is -0.469 e. The molecule has 0 amide bonds. The molecule has 0 fully saturated rings. The number of hydrogen-bond donors (Lipinski definition) is 2. The molecule has 0 radical (unpaired) electrons. The molecule has 6 heteroatoms. The number of nitrogens with one attached hydrogen (secondary N) is 1. The van der Waals surface area contributed by atoms with Crippen molar-refractivity contribution in [3.05, 3.63) is 59.3 Å². The number of benzene rings is 2. The number of nitrogens with two attached hydrogens (primary N) is 1. The molecule has 0 saturated heterocycles. The molecule has 1 atom stereocenters. The summed E-state index contributed by atoms with van der Waals surface area (Å²) in [7, 11) is 1.40. The van der Waals surface area contributed by atoms with Gasteiger partial charge in [0.2, 0.25) is 6.79 Å². The van der Waals surface area contributed by atoms with Gasteiger partial charge >= 0.3 is 5.97 Å². The van der Waals surface area contributed by atoms with Crippen LogP contribution in [0.4, 0.5) is 0 Å². The quantitative estimate of drug-likeness (QED) is 0.689. The highest BCUT2D eigenvalue weighted by atomic mass is 16.7. The van der Waals surface area contributed by atoms with Crippen LogP contribution in [0.2, 0.25) is 0 Å².